The van der Waals surface area contributed by atoms with Gasteiger partial charge >= 0.3 is 0 Å². The summed E-state index contributed by atoms with van der Waals surface area (Å²) in [5.74, 6) is 1.29. The van der Waals surface area contributed by atoms with E-state index in [2.05, 4.69) is 20.6 Å². The maximum atomic E-state index is 12.2. The third-order valence-corrected chi connectivity index (χ3v) is 4.17. The number of hydrogen-bond donors (Lipinski definition) is 1. The number of hydrogen-bond acceptors (Lipinski definition) is 8. The lowest BCUT2D eigenvalue weighted by atomic mass is 10.1. The number of nitrogens with zero attached hydrogens (tertiary/aromatic N) is 4. The predicted molar refractivity (Wildman–Crippen MR) is 94.3 cm³/mol. The molecule has 0 bridgehead atoms. The number of benzene rings is 1. The largest absolute Gasteiger partial charge is 0.378 e. The van der Waals surface area contributed by atoms with Crippen LogP contribution in [0.3, 0.4) is 0 Å². The Labute approximate surface area is 155 Å². The van der Waals surface area contributed by atoms with Crippen molar-refractivity contribution in [2.75, 3.05) is 31.2 Å². The highest BCUT2D eigenvalue weighted by molar-refractivity contribution is 5.91. The lowest BCUT2D eigenvalue weighted by Gasteiger charge is -2.25. The van der Waals surface area contributed by atoms with Crippen molar-refractivity contribution >= 4 is 11.7 Å². The van der Waals surface area contributed by atoms with E-state index in [0.717, 1.165) is 18.7 Å². The summed E-state index contributed by atoms with van der Waals surface area (Å²) in [6, 6.07) is 11.5. The van der Waals surface area contributed by atoms with Gasteiger partial charge in [0, 0.05) is 25.6 Å². The van der Waals surface area contributed by atoms with E-state index in [1.807, 2.05) is 35.2 Å². The number of carbonyl (C=O) groups is 1. The van der Waals surface area contributed by atoms with Crippen LogP contribution in [0.15, 0.2) is 45.4 Å². The number of ether oxygens (including phenoxy) is 1. The first-order valence-electron chi connectivity index (χ1n) is 8.71. The molecule has 140 valence electrons. The van der Waals surface area contributed by atoms with E-state index < -0.39 is 0 Å². The van der Waals surface area contributed by atoms with E-state index in [1.54, 1.807) is 6.07 Å². The fourth-order valence-corrected chi connectivity index (χ4v) is 2.77. The Bertz CT molecular complexity index is 886. The van der Waals surface area contributed by atoms with E-state index >= 15 is 0 Å². The Morgan fingerprint density at radius 1 is 1.11 bits per heavy atom. The van der Waals surface area contributed by atoms with Gasteiger partial charge in [0.15, 0.2) is 11.6 Å². The molecule has 1 saturated heterocycles. The Morgan fingerprint density at radius 3 is 2.74 bits per heavy atom. The van der Waals surface area contributed by atoms with Crippen molar-refractivity contribution in [1.82, 2.24) is 20.6 Å². The minimum atomic E-state index is -0.384. The van der Waals surface area contributed by atoms with Crippen molar-refractivity contribution in [3.63, 3.8) is 0 Å². The van der Waals surface area contributed by atoms with E-state index in [4.69, 9.17) is 13.8 Å². The van der Waals surface area contributed by atoms with Crippen LogP contribution in [0, 0.1) is 0 Å². The molecule has 1 aliphatic heterocycles. The van der Waals surface area contributed by atoms with Gasteiger partial charge in [-0.25, -0.2) is 0 Å². The average Bonchev–Trinajstić information content (AvgIpc) is 3.37. The van der Waals surface area contributed by atoms with Crippen molar-refractivity contribution in [3.8, 4) is 0 Å². The molecule has 4 rings (SSSR count). The quantitative estimate of drug-likeness (QED) is 0.695. The van der Waals surface area contributed by atoms with Crippen molar-refractivity contribution in [3.05, 3.63) is 59.4 Å². The number of morpholine rings is 1. The normalized spacial score (nSPS) is 14.3. The monoisotopic (exact) mass is 369 g/mol. The number of anilines is 1. The Balaban J connectivity index is 1.31. The van der Waals surface area contributed by atoms with Gasteiger partial charge in [-0.05, 0) is 5.56 Å². The number of carbonyl (C=O) groups excluding carboxylic acids is 1. The summed E-state index contributed by atoms with van der Waals surface area (Å²) in [6.45, 7) is 2.83. The van der Waals surface area contributed by atoms with Crippen LogP contribution >= 0.6 is 0 Å². The van der Waals surface area contributed by atoms with Crippen molar-refractivity contribution in [1.29, 1.82) is 0 Å². The van der Waals surface area contributed by atoms with Gasteiger partial charge in [0.25, 0.3) is 5.91 Å². The second kappa shape index (κ2) is 8.00. The van der Waals surface area contributed by atoms with E-state index in [-0.39, 0.29) is 18.2 Å². The zero-order valence-electron chi connectivity index (χ0n) is 14.6. The minimum Gasteiger partial charge on any atom is -0.378 e. The maximum Gasteiger partial charge on any atom is 0.290 e. The summed E-state index contributed by atoms with van der Waals surface area (Å²) in [5.41, 5.74) is 1.09. The Morgan fingerprint density at radius 2 is 1.93 bits per heavy atom. The van der Waals surface area contributed by atoms with Crippen LogP contribution in [-0.4, -0.2) is 47.5 Å². The summed E-state index contributed by atoms with van der Waals surface area (Å²) < 4.78 is 15.6. The van der Waals surface area contributed by atoms with Crippen LogP contribution in [0.4, 0.5) is 5.82 Å². The SMILES string of the molecule is O=C(NCc1nc(Cc2ccccc2)no1)c1cc(N2CCOCC2)no1. The summed E-state index contributed by atoms with van der Waals surface area (Å²) in [6.07, 6.45) is 0.573. The highest BCUT2D eigenvalue weighted by Gasteiger charge is 2.19. The van der Waals surface area contributed by atoms with Gasteiger partial charge in [-0.15, -0.1) is 0 Å². The zero-order valence-corrected chi connectivity index (χ0v) is 14.6. The second-order valence-electron chi connectivity index (χ2n) is 6.10. The van der Waals surface area contributed by atoms with Crippen LogP contribution in [0.25, 0.3) is 0 Å². The van der Waals surface area contributed by atoms with Gasteiger partial charge in [-0.1, -0.05) is 40.6 Å². The third kappa shape index (κ3) is 4.32. The highest BCUT2D eigenvalue weighted by Crippen LogP contribution is 2.16. The predicted octanol–water partition coefficient (Wildman–Crippen LogP) is 1.42. The highest BCUT2D eigenvalue weighted by atomic mass is 16.5. The first kappa shape index (κ1) is 17.2. The molecule has 1 aliphatic rings. The molecule has 0 radical (unpaired) electrons. The number of rotatable bonds is 6. The smallest absolute Gasteiger partial charge is 0.290 e. The van der Waals surface area contributed by atoms with Crippen LogP contribution in [0.2, 0.25) is 0 Å². The van der Waals surface area contributed by atoms with Gasteiger partial charge in [-0.3, -0.25) is 4.79 Å². The van der Waals surface area contributed by atoms with Gasteiger partial charge in [0.1, 0.15) is 0 Å². The molecule has 1 amide bonds. The fourth-order valence-electron chi connectivity index (χ4n) is 2.77. The molecule has 3 aromatic rings. The second-order valence-corrected chi connectivity index (χ2v) is 6.10. The van der Waals surface area contributed by atoms with Crippen LogP contribution < -0.4 is 10.2 Å². The molecule has 0 aliphatic carbocycles. The molecular formula is C18H19N5O4. The third-order valence-electron chi connectivity index (χ3n) is 4.17. The van der Waals surface area contributed by atoms with E-state index in [0.29, 0.717) is 37.2 Å². The maximum absolute atomic E-state index is 12.2. The van der Waals surface area contributed by atoms with Crippen LogP contribution in [-0.2, 0) is 17.7 Å². The van der Waals surface area contributed by atoms with Crippen LogP contribution in [0.1, 0.15) is 27.8 Å². The first-order chi connectivity index (χ1) is 13.3. The average molecular weight is 369 g/mol. The lowest BCUT2D eigenvalue weighted by molar-refractivity contribution is 0.0909. The van der Waals surface area contributed by atoms with Crippen molar-refractivity contribution < 1.29 is 18.6 Å². The van der Waals surface area contributed by atoms with E-state index in [1.165, 1.54) is 0 Å². The zero-order chi connectivity index (χ0) is 18.5. The van der Waals surface area contributed by atoms with Gasteiger partial charge in [0.2, 0.25) is 11.7 Å². The number of aromatic nitrogens is 3. The molecule has 0 saturated carbocycles. The van der Waals surface area contributed by atoms with Crippen molar-refractivity contribution in [2.45, 2.75) is 13.0 Å². The summed E-state index contributed by atoms with van der Waals surface area (Å²) >= 11 is 0. The van der Waals surface area contributed by atoms with Gasteiger partial charge < -0.3 is 24.0 Å². The molecule has 1 N–H and O–H groups in total. The number of nitrogens with one attached hydrogen (secondary N) is 1. The summed E-state index contributed by atoms with van der Waals surface area (Å²) in [7, 11) is 0. The molecule has 9 heteroatoms. The Kier molecular flexibility index (Phi) is 5.10. The number of amides is 1. The first-order valence-corrected chi connectivity index (χ1v) is 8.71. The fraction of sp³-hybridized carbons (Fsp3) is 0.333. The van der Waals surface area contributed by atoms with Crippen LogP contribution in [0.5, 0.6) is 0 Å². The molecule has 0 atom stereocenters. The molecule has 27 heavy (non-hydrogen) atoms. The van der Waals surface area contributed by atoms with Crippen molar-refractivity contribution in [2.24, 2.45) is 0 Å². The lowest BCUT2D eigenvalue weighted by Crippen LogP contribution is -2.36. The van der Waals surface area contributed by atoms with Gasteiger partial charge in [0.05, 0.1) is 19.8 Å². The topological polar surface area (TPSA) is 107 Å². The molecular weight excluding hydrogens is 350 g/mol. The minimum absolute atomic E-state index is 0.119. The molecule has 9 nitrogen and oxygen atoms in total. The summed E-state index contributed by atoms with van der Waals surface area (Å²) in [4.78, 5) is 18.5. The molecule has 1 aromatic carbocycles. The molecule has 3 heterocycles. The molecule has 0 spiro atoms. The standard InChI is InChI=1S/C18H19N5O4/c24-18(14-11-16(22-26-14)23-6-8-25-9-7-23)19-12-17-20-15(21-27-17)10-13-4-2-1-3-5-13/h1-5,11H,6-10,12H2,(H,19,24). The molecule has 1 fully saturated rings. The molecule has 0 unspecified atom stereocenters. The summed E-state index contributed by atoms with van der Waals surface area (Å²) in [5, 5.41) is 10.6. The van der Waals surface area contributed by atoms with E-state index in [9.17, 15) is 4.79 Å². The molecule has 2 aromatic heterocycles. The Hall–Kier alpha value is -3.20. The van der Waals surface area contributed by atoms with Gasteiger partial charge in [-0.2, -0.15) is 4.98 Å².